The molecule has 1 fully saturated rings. The molecule has 0 unspecified atom stereocenters. The van der Waals surface area contributed by atoms with Crippen LogP contribution in [0.1, 0.15) is 33.3 Å². The summed E-state index contributed by atoms with van der Waals surface area (Å²) in [4.78, 5) is 32.3. The lowest BCUT2D eigenvalue weighted by Crippen LogP contribution is -2.56. The zero-order valence-electron chi connectivity index (χ0n) is 14.6. The molecule has 2 heterocycles. The average molecular weight is 398 g/mol. The number of carbonyl (C=O) groups excluding carboxylic acids is 2. The van der Waals surface area contributed by atoms with Gasteiger partial charge in [0, 0.05) is 42.5 Å². The van der Waals surface area contributed by atoms with Gasteiger partial charge in [-0.25, -0.2) is 4.79 Å². The quantitative estimate of drug-likeness (QED) is 0.769. The van der Waals surface area contributed by atoms with Gasteiger partial charge in [-0.2, -0.15) is 0 Å². The van der Waals surface area contributed by atoms with E-state index in [1.807, 2.05) is 38.7 Å². The van der Waals surface area contributed by atoms with Crippen LogP contribution in [0, 0.1) is 0 Å². The molecule has 1 aliphatic rings. The van der Waals surface area contributed by atoms with Crippen molar-refractivity contribution in [3.05, 3.63) is 28.5 Å². The molecule has 1 aromatic heterocycles. The molecule has 0 N–H and O–H groups in total. The fourth-order valence-corrected chi connectivity index (χ4v) is 3.06. The number of rotatable bonds is 2. The Morgan fingerprint density at radius 1 is 1.33 bits per heavy atom. The molecule has 2 amide bonds. The van der Waals surface area contributed by atoms with Crippen LogP contribution in [0.25, 0.3) is 0 Å². The highest BCUT2D eigenvalue weighted by molar-refractivity contribution is 9.10. The molecule has 0 bridgehead atoms. The van der Waals surface area contributed by atoms with Crippen molar-refractivity contribution in [3.8, 4) is 0 Å². The molecule has 0 spiro atoms. The molecule has 1 aliphatic heterocycles. The van der Waals surface area contributed by atoms with Crippen LogP contribution < -0.4 is 0 Å². The normalized spacial score (nSPS) is 18.5. The van der Waals surface area contributed by atoms with Gasteiger partial charge in [0.05, 0.1) is 6.42 Å². The fraction of sp³-hybridized carbons (Fsp3) is 0.588. The lowest BCUT2D eigenvalue weighted by Gasteiger charge is -2.40. The molecule has 1 atom stereocenters. The number of piperazine rings is 1. The number of ether oxygens (including phenoxy) is 1. The minimum absolute atomic E-state index is 0.0427. The number of hydrogen-bond acceptors (Lipinski definition) is 4. The third-order valence-corrected chi connectivity index (χ3v) is 4.15. The van der Waals surface area contributed by atoms with Gasteiger partial charge < -0.3 is 14.5 Å². The molecule has 0 aliphatic carbocycles. The summed E-state index contributed by atoms with van der Waals surface area (Å²) < 4.78 is 6.26. The molecule has 24 heavy (non-hydrogen) atoms. The molecule has 0 aromatic carbocycles. The summed E-state index contributed by atoms with van der Waals surface area (Å²) in [5.41, 5.74) is 0.359. The molecule has 1 aromatic rings. The zero-order valence-corrected chi connectivity index (χ0v) is 16.2. The smallest absolute Gasteiger partial charge is 0.410 e. The Morgan fingerprint density at radius 3 is 2.62 bits per heavy atom. The van der Waals surface area contributed by atoms with Gasteiger partial charge in [0.2, 0.25) is 5.91 Å². The first-order valence-electron chi connectivity index (χ1n) is 8.02. The first-order chi connectivity index (χ1) is 11.2. The summed E-state index contributed by atoms with van der Waals surface area (Å²) in [5.74, 6) is 0.0474. The van der Waals surface area contributed by atoms with E-state index in [0.29, 0.717) is 26.1 Å². The van der Waals surface area contributed by atoms with Crippen LogP contribution >= 0.6 is 15.9 Å². The Kier molecular flexibility index (Phi) is 5.85. The summed E-state index contributed by atoms with van der Waals surface area (Å²) >= 11 is 3.36. The molecule has 132 valence electrons. The van der Waals surface area contributed by atoms with Gasteiger partial charge in [0.1, 0.15) is 5.60 Å². The van der Waals surface area contributed by atoms with E-state index in [1.165, 1.54) is 0 Å². The monoisotopic (exact) mass is 397 g/mol. The van der Waals surface area contributed by atoms with Crippen molar-refractivity contribution in [2.24, 2.45) is 0 Å². The Labute approximate surface area is 151 Å². The molecular formula is C17H24BrN3O3. The first-order valence-corrected chi connectivity index (χ1v) is 8.82. The van der Waals surface area contributed by atoms with E-state index in [4.69, 9.17) is 4.74 Å². The number of pyridine rings is 1. The lowest BCUT2D eigenvalue weighted by atomic mass is 10.1. The van der Waals surface area contributed by atoms with E-state index in [0.717, 1.165) is 10.0 Å². The summed E-state index contributed by atoms with van der Waals surface area (Å²) in [7, 11) is 0. The van der Waals surface area contributed by atoms with Crippen molar-refractivity contribution in [2.45, 2.75) is 45.8 Å². The topological polar surface area (TPSA) is 62.7 Å². The van der Waals surface area contributed by atoms with E-state index >= 15 is 0 Å². The van der Waals surface area contributed by atoms with Crippen molar-refractivity contribution in [1.29, 1.82) is 0 Å². The Balaban J connectivity index is 1.93. The SMILES string of the molecule is C[C@@H]1CN(C(=O)OC(C)(C)C)CCN1C(=O)Cc1cncc(Br)c1. The van der Waals surface area contributed by atoms with Crippen molar-refractivity contribution < 1.29 is 14.3 Å². The number of carbonyl (C=O) groups is 2. The Morgan fingerprint density at radius 2 is 2.04 bits per heavy atom. The molecule has 2 rings (SSSR count). The van der Waals surface area contributed by atoms with E-state index in [1.54, 1.807) is 17.3 Å². The summed E-state index contributed by atoms with van der Waals surface area (Å²) in [5, 5.41) is 0. The maximum Gasteiger partial charge on any atom is 0.410 e. The second kappa shape index (κ2) is 7.51. The van der Waals surface area contributed by atoms with Crippen LogP contribution in [0.3, 0.4) is 0 Å². The molecule has 6 nitrogen and oxygen atoms in total. The van der Waals surface area contributed by atoms with Crippen molar-refractivity contribution >= 4 is 27.9 Å². The van der Waals surface area contributed by atoms with Crippen molar-refractivity contribution in [1.82, 2.24) is 14.8 Å². The number of nitrogens with zero attached hydrogens (tertiary/aromatic N) is 3. The van der Waals surface area contributed by atoms with Gasteiger partial charge in [0.15, 0.2) is 0 Å². The van der Waals surface area contributed by atoms with Crippen molar-refractivity contribution in [3.63, 3.8) is 0 Å². The number of halogens is 1. The van der Waals surface area contributed by atoms with Crippen LogP contribution in [-0.2, 0) is 16.0 Å². The first kappa shape index (κ1) is 18.7. The number of amides is 2. The second-order valence-electron chi connectivity index (χ2n) is 7.05. The van der Waals surface area contributed by atoms with Crippen LogP contribution in [0.5, 0.6) is 0 Å². The van der Waals surface area contributed by atoms with Crippen LogP contribution in [-0.4, -0.2) is 58.1 Å². The summed E-state index contributed by atoms with van der Waals surface area (Å²) in [6.07, 6.45) is 3.38. The summed E-state index contributed by atoms with van der Waals surface area (Å²) in [6.45, 7) is 8.98. The minimum Gasteiger partial charge on any atom is -0.444 e. The molecular weight excluding hydrogens is 374 g/mol. The fourth-order valence-electron chi connectivity index (χ4n) is 2.65. The molecule has 0 radical (unpaired) electrons. The standard InChI is InChI=1S/C17H24BrN3O3/c1-12-11-20(16(23)24-17(2,3)4)5-6-21(12)15(22)8-13-7-14(18)10-19-9-13/h7,9-10,12H,5-6,8,11H2,1-4H3/t12-/m1/s1. The van der Waals surface area contributed by atoms with Crippen molar-refractivity contribution in [2.75, 3.05) is 19.6 Å². The number of aromatic nitrogens is 1. The van der Waals surface area contributed by atoms with Gasteiger partial charge in [0.25, 0.3) is 0 Å². The molecule has 7 heteroatoms. The Bertz CT molecular complexity index is 615. The van der Waals surface area contributed by atoms with Crippen LogP contribution in [0.2, 0.25) is 0 Å². The van der Waals surface area contributed by atoms with Gasteiger partial charge in [-0.3, -0.25) is 9.78 Å². The maximum absolute atomic E-state index is 12.5. The number of hydrogen-bond donors (Lipinski definition) is 0. The second-order valence-corrected chi connectivity index (χ2v) is 7.97. The van der Waals surface area contributed by atoms with Gasteiger partial charge in [-0.1, -0.05) is 0 Å². The van der Waals surface area contributed by atoms with Gasteiger partial charge in [-0.15, -0.1) is 0 Å². The van der Waals surface area contributed by atoms with Crippen LogP contribution in [0.15, 0.2) is 22.9 Å². The average Bonchev–Trinajstić information content (AvgIpc) is 2.45. The van der Waals surface area contributed by atoms with Gasteiger partial charge in [-0.05, 0) is 55.3 Å². The lowest BCUT2D eigenvalue weighted by molar-refractivity contribution is -0.134. The van der Waals surface area contributed by atoms with Gasteiger partial charge >= 0.3 is 6.09 Å². The Hall–Kier alpha value is -1.63. The highest BCUT2D eigenvalue weighted by Crippen LogP contribution is 2.17. The zero-order chi connectivity index (χ0) is 17.9. The van der Waals surface area contributed by atoms with E-state index in [9.17, 15) is 9.59 Å². The minimum atomic E-state index is -0.513. The van der Waals surface area contributed by atoms with E-state index in [2.05, 4.69) is 20.9 Å². The third kappa shape index (κ3) is 5.19. The predicted octanol–water partition coefficient (Wildman–Crippen LogP) is 2.85. The highest BCUT2D eigenvalue weighted by Gasteiger charge is 2.31. The maximum atomic E-state index is 12.5. The van der Waals surface area contributed by atoms with Crippen LogP contribution in [0.4, 0.5) is 4.79 Å². The third-order valence-electron chi connectivity index (χ3n) is 3.72. The van der Waals surface area contributed by atoms with E-state index < -0.39 is 5.60 Å². The van der Waals surface area contributed by atoms with E-state index in [-0.39, 0.29) is 18.0 Å². The summed E-state index contributed by atoms with van der Waals surface area (Å²) in [6, 6.07) is 1.85. The highest BCUT2D eigenvalue weighted by atomic mass is 79.9. The molecule has 0 saturated carbocycles. The predicted molar refractivity (Wildman–Crippen MR) is 94.6 cm³/mol. The largest absolute Gasteiger partial charge is 0.444 e. The molecule has 1 saturated heterocycles.